The van der Waals surface area contributed by atoms with Crippen LogP contribution >= 0.6 is 0 Å². The van der Waals surface area contributed by atoms with Gasteiger partial charge in [0.15, 0.2) is 5.65 Å². The molecule has 0 aliphatic rings. The summed E-state index contributed by atoms with van der Waals surface area (Å²) in [5.74, 6) is 2.39. The van der Waals surface area contributed by atoms with Crippen LogP contribution in [0.1, 0.15) is 43.9 Å². The first-order valence-electron chi connectivity index (χ1n) is 10.9. The quantitative estimate of drug-likeness (QED) is 0.381. The Hall–Kier alpha value is -3.52. The molecule has 4 aromatic rings. The number of nitrogens with one attached hydrogen (secondary N) is 1. The van der Waals surface area contributed by atoms with E-state index in [1.807, 2.05) is 56.3 Å². The molecule has 5 heteroatoms. The zero-order valence-electron chi connectivity index (χ0n) is 18.6. The SMILES string of the molecule is CCOc1ccc(Nc2c(CCC(C)C)c(C)c(C#N)c3nc4ccccc4n23)cc1. The van der Waals surface area contributed by atoms with Crippen molar-refractivity contribution in [3.05, 3.63) is 65.2 Å². The normalized spacial score (nSPS) is 11.2. The number of anilines is 2. The van der Waals surface area contributed by atoms with Crippen LogP contribution < -0.4 is 10.1 Å². The summed E-state index contributed by atoms with van der Waals surface area (Å²) in [5, 5.41) is 13.6. The number of nitriles is 1. The van der Waals surface area contributed by atoms with Crippen LogP contribution in [0.2, 0.25) is 0 Å². The summed E-state index contributed by atoms with van der Waals surface area (Å²) >= 11 is 0. The first kappa shape index (κ1) is 20.7. The van der Waals surface area contributed by atoms with Gasteiger partial charge in [0.1, 0.15) is 17.6 Å². The van der Waals surface area contributed by atoms with E-state index in [-0.39, 0.29) is 0 Å². The third kappa shape index (κ3) is 3.94. The van der Waals surface area contributed by atoms with E-state index in [2.05, 4.69) is 35.7 Å². The van der Waals surface area contributed by atoms with Gasteiger partial charge in [-0.05, 0) is 80.1 Å². The van der Waals surface area contributed by atoms with E-state index in [4.69, 9.17) is 9.72 Å². The molecule has 0 atom stereocenters. The van der Waals surface area contributed by atoms with E-state index in [9.17, 15) is 5.26 Å². The van der Waals surface area contributed by atoms with Crippen LogP contribution in [0.3, 0.4) is 0 Å². The molecular weight excluding hydrogens is 384 g/mol. The van der Waals surface area contributed by atoms with Gasteiger partial charge >= 0.3 is 0 Å². The van der Waals surface area contributed by atoms with E-state index in [1.54, 1.807) is 0 Å². The number of aromatic nitrogens is 2. The molecule has 5 nitrogen and oxygen atoms in total. The number of hydrogen-bond donors (Lipinski definition) is 1. The highest BCUT2D eigenvalue weighted by atomic mass is 16.5. The molecule has 0 radical (unpaired) electrons. The van der Waals surface area contributed by atoms with Gasteiger partial charge in [0.25, 0.3) is 0 Å². The summed E-state index contributed by atoms with van der Waals surface area (Å²) in [6.45, 7) is 9.11. The number of nitrogens with zero attached hydrogens (tertiary/aromatic N) is 3. The Kier molecular flexibility index (Phi) is 5.81. The van der Waals surface area contributed by atoms with E-state index in [0.717, 1.165) is 52.3 Å². The molecule has 158 valence electrons. The third-order valence-electron chi connectivity index (χ3n) is 5.63. The Balaban J connectivity index is 1.95. The predicted molar refractivity (Wildman–Crippen MR) is 126 cm³/mol. The van der Waals surface area contributed by atoms with Crippen LogP contribution in [0.5, 0.6) is 5.75 Å². The summed E-state index contributed by atoms with van der Waals surface area (Å²) in [4.78, 5) is 4.80. The molecule has 0 amide bonds. The van der Waals surface area contributed by atoms with Crippen molar-refractivity contribution in [3.8, 4) is 11.8 Å². The first-order chi connectivity index (χ1) is 15.0. The fourth-order valence-electron chi connectivity index (χ4n) is 3.99. The number of fused-ring (bicyclic) bond motifs is 3. The van der Waals surface area contributed by atoms with Crippen LogP contribution in [0.4, 0.5) is 11.5 Å². The lowest BCUT2D eigenvalue weighted by atomic mass is 9.96. The van der Waals surface area contributed by atoms with Crippen molar-refractivity contribution in [1.29, 1.82) is 5.26 Å². The minimum Gasteiger partial charge on any atom is -0.494 e. The molecular formula is C26H28N4O. The maximum atomic E-state index is 9.97. The van der Waals surface area contributed by atoms with Crippen molar-refractivity contribution in [2.24, 2.45) is 5.92 Å². The lowest BCUT2D eigenvalue weighted by molar-refractivity contribution is 0.340. The van der Waals surface area contributed by atoms with E-state index in [1.165, 1.54) is 0 Å². The van der Waals surface area contributed by atoms with Gasteiger partial charge in [0, 0.05) is 5.69 Å². The summed E-state index contributed by atoms with van der Waals surface area (Å²) in [7, 11) is 0. The fourth-order valence-corrected chi connectivity index (χ4v) is 3.99. The molecule has 0 aliphatic heterocycles. The molecule has 2 heterocycles. The van der Waals surface area contributed by atoms with Gasteiger partial charge < -0.3 is 10.1 Å². The summed E-state index contributed by atoms with van der Waals surface area (Å²) < 4.78 is 7.69. The topological polar surface area (TPSA) is 62.3 Å². The van der Waals surface area contributed by atoms with Crippen LogP contribution in [-0.2, 0) is 6.42 Å². The molecule has 0 spiro atoms. The average Bonchev–Trinajstić information content (AvgIpc) is 3.14. The number of ether oxygens (including phenoxy) is 1. The lowest BCUT2D eigenvalue weighted by Gasteiger charge is -2.20. The number of pyridine rings is 1. The first-order valence-corrected chi connectivity index (χ1v) is 10.9. The van der Waals surface area contributed by atoms with Crippen LogP contribution in [0.25, 0.3) is 16.7 Å². The lowest BCUT2D eigenvalue weighted by Crippen LogP contribution is -2.09. The maximum absolute atomic E-state index is 9.97. The van der Waals surface area contributed by atoms with Gasteiger partial charge in [-0.15, -0.1) is 0 Å². The van der Waals surface area contributed by atoms with Crippen molar-refractivity contribution < 1.29 is 4.74 Å². The Morgan fingerprint density at radius 1 is 1.13 bits per heavy atom. The number of rotatable bonds is 7. The highest BCUT2D eigenvalue weighted by Crippen LogP contribution is 2.34. The molecule has 0 saturated heterocycles. The Morgan fingerprint density at radius 2 is 1.87 bits per heavy atom. The van der Waals surface area contributed by atoms with Gasteiger partial charge in [-0.1, -0.05) is 26.0 Å². The largest absolute Gasteiger partial charge is 0.494 e. The zero-order valence-corrected chi connectivity index (χ0v) is 18.6. The molecule has 0 bridgehead atoms. The van der Waals surface area contributed by atoms with E-state index >= 15 is 0 Å². The monoisotopic (exact) mass is 412 g/mol. The molecule has 0 saturated carbocycles. The smallest absolute Gasteiger partial charge is 0.157 e. The third-order valence-corrected chi connectivity index (χ3v) is 5.63. The second-order valence-corrected chi connectivity index (χ2v) is 8.21. The summed E-state index contributed by atoms with van der Waals surface area (Å²) in [6.07, 6.45) is 1.93. The van der Waals surface area contributed by atoms with E-state index < -0.39 is 0 Å². The maximum Gasteiger partial charge on any atom is 0.157 e. The van der Waals surface area contributed by atoms with Gasteiger partial charge in [-0.25, -0.2) is 4.98 Å². The zero-order chi connectivity index (χ0) is 22.0. The summed E-state index contributed by atoms with van der Waals surface area (Å²) in [5.41, 5.74) is 6.35. The minimum atomic E-state index is 0.568. The van der Waals surface area contributed by atoms with Crippen molar-refractivity contribution in [3.63, 3.8) is 0 Å². The van der Waals surface area contributed by atoms with Crippen LogP contribution in [0.15, 0.2) is 48.5 Å². The van der Waals surface area contributed by atoms with Crippen molar-refractivity contribution in [2.75, 3.05) is 11.9 Å². The van der Waals surface area contributed by atoms with Gasteiger partial charge in [0.05, 0.1) is 23.2 Å². The van der Waals surface area contributed by atoms with Gasteiger partial charge in [-0.2, -0.15) is 5.26 Å². The fraction of sp³-hybridized carbons (Fsp3) is 0.308. The summed E-state index contributed by atoms with van der Waals surface area (Å²) in [6, 6.07) is 18.4. The molecule has 2 aromatic heterocycles. The Morgan fingerprint density at radius 3 is 2.55 bits per heavy atom. The molecule has 1 N–H and O–H groups in total. The molecule has 4 rings (SSSR count). The predicted octanol–water partition coefficient (Wildman–Crippen LogP) is 6.40. The number of para-hydroxylation sites is 2. The van der Waals surface area contributed by atoms with Gasteiger partial charge in [0.2, 0.25) is 0 Å². The number of hydrogen-bond acceptors (Lipinski definition) is 4. The van der Waals surface area contributed by atoms with Crippen molar-refractivity contribution >= 4 is 28.2 Å². The molecule has 2 aromatic carbocycles. The van der Waals surface area contributed by atoms with Gasteiger partial charge in [-0.3, -0.25) is 4.40 Å². The van der Waals surface area contributed by atoms with Crippen LogP contribution in [0, 0.1) is 24.2 Å². The highest BCUT2D eigenvalue weighted by Gasteiger charge is 2.21. The molecule has 0 aliphatic carbocycles. The highest BCUT2D eigenvalue weighted by molar-refractivity contribution is 5.87. The molecule has 0 fully saturated rings. The Labute approximate surface area is 183 Å². The Bertz CT molecular complexity index is 1260. The standard InChI is InChI=1S/C26H28N4O/c1-5-31-20-13-11-19(12-14-20)28-25-21(15-10-17(2)3)18(4)22(16-27)26-29-23-8-6-7-9-24(23)30(25)26/h6-9,11-14,17,28H,5,10,15H2,1-4H3. The minimum absolute atomic E-state index is 0.568. The number of benzene rings is 2. The number of imidazole rings is 1. The van der Waals surface area contributed by atoms with Crippen molar-refractivity contribution in [2.45, 2.75) is 40.5 Å². The average molecular weight is 413 g/mol. The van der Waals surface area contributed by atoms with Crippen molar-refractivity contribution in [1.82, 2.24) is 9.38 Å². The second-order valence-electron chi connectivity index (χ2n) is 8.21. The van der Waals surface area contributed by atoms with Crippen LogP contribution in [-0.4, -0.2) is 16.0 Å². The molecule has 0 unspecified atom stereocenters. The molecule has 31 heavy (non-hydrogen) atoms. The second kappa shape index (κ2) is 8.69. The van der Waals surface area contributed by atoms with E-state index in [0.29, 0.717) is 23.7 Å².